The molecule has 1 aromatic heterocycles. The first-order valence-electron chi connectivity index (χ1n) is 5.86. The fraction of sp³-hybridized carbons (Fsp3) is 0.143. The molecule has 0 unspecified atom stereocenters. The van der Waals surface area contributed by atoms with Crippen LogP contribution < -0.4 is 16.0 Å². The van der Waals surface area contributed by atoms with Crippen molar-refractivity contribution in [2.75, 3.05) is 0 Å². The number of benzene rings is 1. The predicted octanol–water partition coefficient (Wildman–Crippen LogP) is 2.11. The number of rotatable bonds is 4. The van der Waals surface area contributed by atoms with Crippen LogP contribution in [0.1, 0.15) is 26.4 Å². The van der Waals surface area contributed by atoms with E-state index in [2.05, 4.69) is 11.5 Å². The van der Waals surface area contributed by atoms with Crippen molar-refractivity contribution in [2.45, 2.75) is 13.5 Å². The number of thiophene rings is 1. The second kappa shape index (κ2) is 6.19. The Morgan fingerprint density at radius 1 is 1.50 bits per heavy atom. The van der Waals surface area contributed by atoms with Gasteiger partial charge in [-0.1, -0.05) is 6.07 Å². The van der Waals surface area contributed by atoms with E-state index in [1.165, 1.54) is 11.3 Å². The largest absolute Gasteiger partial charge is 0.489 e. The van der Waals surface area contributed by atoms with Crippen molar-refractivity contribution in [2.24, 2.45) is 5.84 Å². The summed E-state index contributed by atoms with van der Waals surface area (Å²) in [4.78, 5) is 12.1. The van der Waals surface area contributed by atoms with Gasteiger partial charge in [0.25, 0.3) is 5.91 Å². The standard InChI is InChI=1S/C14H13N3O2S/c1-9-2-3-10(7-15)6-12(9)19-8-11-4-5-20-13(11)14(18)17-16/h2-6H,8,16H2,1H3,(H,17,18). The smallest absolute Gasteiger partial charge is 0.275 e. The van der Waals surface area contributed by atoms with Gasteiger partial charge in [-0.3, -0.25) is 10.2 Å². The van der Waals surface area contributed by atoms with Crippen molar-refractivity contribution in [3.63, 3.8) is 0 Å². The van der Waals surface area contributed by atoms with Crippen LogP contribution in [-0.4, -0.2) is 5.91 Å². The monoisotopic (exact) mass is 287 g/mol. The number of nitrogens with one attached hydrogen (secondary N) is 1. The number of nitrogen functional groups attached to an aromatic ring is 1. The van der Waals surface area contributed by atoms with Crippen molar-refractivity contribution in [1.82, 2.24) is 5.43 Å². The Labute approximate surface area is 120 Å². The van der Waals surface area contributed by atoms with Crippen LogP contribution in [0.4, 0.5) is 0 Å². The number of ether oxygens (including phenoxy) is 1. The quantitative estimate of drug-likeness (QED) is 0.512. The van der Waals surface area contributed by atoms with E-state index in [0.717, 1.165) is 11.1 Å². The van der Waals surface area contributed by atoms with Crippen molar-refractivity contribution >= 4 is 17.2 Å². The molecule has 0 radical (unpaired) electrons. The predicted molar refractivity (Wildman–Crippen MR) is 76.2 cm³/mol. The van der Waals surface area contributed by atoms with E-state index in [4.69, 9.17) is 15.8 Å². The van der Waals surface area contributed by atoms with E-state index in [1.54, 1.807) is 12.1 Å². The summed E-state index contributed by atoms with van der Waals surface area (Å²) in [6.07, 6.45) is 0. The van der Waals surface area contributed by atoms with Crippen LogP contribution in [-0.2, 0) is 6.61 Å². The normalized spacial score (nSPS) is 9.85. The van der Waals surface area contributed by atoms with Crippen LogP contribution in [0.25, 0.3) is 0 Å². The lowest BCUT2D eigenvalue weighted by Crippen LogP contribution is -2.30. The Morgan fingerprint density at radius 3 is 3.00 bits per heavy atom. The lowest BCUT2D eigenvalue weighted by molar-refractivity contribution is 0.0955. The summed E-state index contributed by atoms with van der Waals surface area (Å²) in [5.41, 5.74) is 4.34. The highest BCUT2D eigenvalue weighted by Gasteiger charge is 2.12. The second-order valence-corrected chi connectivity index (χ2v) is 5.05. The minimum absolute atomic E-state index is 0.252. The summed E-state index contributed by atoms with van der Waals surface area (Å²) in [6, 6.07) is 9.14. The summed E-state index contributed by atoms with van der Waals surface area (Å²) < 4.78 is 5.69. The van der Waals surface area contributed by atoms with Gasteiger partial charge in [0.05, 0.1) is 16.5 Å². The van der Waals surface area contributed by atoms with Gasteiger partial charge in [-0.05, 0) is 36.1 Å². The maximum Gasteiger partial charge on any atom is 0.275 e. The Bertz CT molecular complexity index is 673. The number of hydrogen-bond donors (Lipinski definition) is 2. The van der Waals surface area contributed by atoms with Crippen LogP contribution in [0.15, 0.2) is 29.6 Å². The number of nitrogens with zero attached hydrogens (tertiary/aromatic N) is 1. The van der Waals surface area contributed by atoms with E-state index in [-0.39, 0.29) is 12.5 Å². The average Bonchev–Trinajstić information content (AvgIpc) is 2.94. The molecular weight excluding hydrogens is 274 g/mol. The Balaban J connectivity index is 2.15. The zero-order valence-electron chi connectivity index (χ0n) is 10.8. The number of hydrogen-bond acceptors (Lipinski definition) is 5. The van der Waals surface area contributed by atoms with Gasteiger partial charge >= 0.3 is 0 Å². The van der Waals surface area contributed by atoms with Crippen molar-refractivity contribution < 1.29 is 9.53 Å². The van der Waals surface area contributed by atoms with Gasteiger partial charge in [0.2, 0.25) is 0 Å². The van der Waals surface area contributed by atoms with Gasteiger partial charge in [-0.25, -0.2) is 5.84 Å². The van der Waals surface area contributed by atoms with Gasteiger partial charge in [-0.2, -0.15) is 5.26 Å². The SMILES string of the molecule is Cc1ccc(C#N)cc1OCc1ccsc1C(=O)NN. The van der Waals surface area contributed by atoms with Crippen LogP contribution in [0, 0.1) is 18.3 Å². The zero-order chi connectivity index (χ0) is 14.5. The summed E-state index contributed by atoms with van der Waals surface area (Å²) in [5, 5.41) is 10.7. The van der Waals surface area contributed by atoms with E-state index in [0.29, 0.717) is 16.2 Å². The summed E-state index contributed by atoms with van der Waals surface area (Å²) in [7, 11) is 0. The molecule has 5 nitrogen and oxygen atoms in total. The summed E-state index contributed by atoms with van der Waals surface area (Å²) in [6.45, 7) is 2.15. The van der Waals surface area contributed by atoms with Gasteiger partial charge < -0.3 is 4.74 Å². The third-order valence-electron chi connectivity index (χ3n) is 2.78. The van der Waals surface area contributed by atoms with Crippen molar-refractivity contribution in [3.05, 3.63) is 51.2 Å². The Hall–Kier alpha value is -2.36. The van der Waals surface area contributed by atoms with Crippen molar-refractivity contribution in [3.8, 4) is 11.8 Å². The number of nitriles is 1. The van der Waals surface area contributed by atoms with Crippen LogP contribution in [0.5, 0.6) is 5.75 Å². The van der Waals surface area contributed by atoms with Crippen molar-refractivity contribution in [1.29, 1.82) is 5.26 Å². The molecule has 0 spiro atoms. The van der Waals surface area contributed by atoms with E-state index in [1.807, 2.05) is 24.4 Å². The number of nitrogens with two attached hydrogens (primary N) is 1. The Kier molecular flexibility index (Phi) is 4.35. The van der Waals surface area contributed by atoms with Gasteiger partial charge in [-0.15, -0.1) is 11.3 Å². The van der Waals surface area contributed by atoms with Gasteiger partial charge in [0, 0.05) is 5.56 Å². The summed E-state index contributed by atoms with van der Waals surface area (Å²) >= 11 is 1.30. The van der Waals surface area contributed by atoms with E-state index < -0.39 is 0 Å². The first-order valence-corrected chi connectivity index (χ1v) is 6.74. The average molecular weight is 287 g/mol. The van der Waals surface area contributed by atoms with Crippen LogP contribution >= 0.6 is 11.3 Å². The third kappa shape index (κ3) is 2.96. The number of hydrazine groups is 1. The number of carbonyl (C=O) groups is 1. The number of aryl methyl sites for hydroxylation is 1. The lowest BCUT2D eigenvalue weighted by Gasteiger charge is -2.09. The van der Waals surface area contributed by atoms with Crippen LogP contribution in [0.2, 0.25) is 0 Å². The molecule has 0 saturated heterocycles. The molecule has 0 aliphatic carbocycles. The molecule has 3 N–H and O–H groups in total. The minimum Gasteiger partial charge on any atom is -0.489 e. The highest BCUT2D eigenvalue weighted by Crippen LogP contribution is 2.23. The molecule has 0 saturated carbocycles. The molecule has 2 rings (SSSR count). The molecule has 20 heavy (non-hydrogen) atoms. The highest BCUT2D eigenvalue weighted by atomic mass is 32.1. The molecule has 1 aromatic carbocycles. The lowest BCUT2D eigenvalue weighted by atomic mass is 10.1. The zero-order valence-corrected chi connectivity index (χ0v) is 11.7. The topological polar surface area (TPSA) is 88.1 Å². The molecular formula is C14H13N3O2S. The first-order chi connectivity index (χ1) is 9.65. The molecule has 0 aliphatic heterocycles. The van der Waals surface area contributed by atoms with E-state index in [9.17, 15) is 4.79 Å². The van der Waals surface area contributed by atoms with Gasteiger partial charge in [0.1, 0.15) is 12.4 Å². The molecule has 0 atom stereocenters. The fourth-order valence-electron chi connectivity index (χ4n) is 1.69. The van der Waals surface area contributed by atoms with Crippen LogP contribution in [0.3, 0.4) is 0 Å². The van der Waals surface area contributed by atoms with Gasteiger partial charge in [0.15, 0.2) is 0 Å². The second-order valence-electron chi connectivity index (χ2n) is 4.13. The highest BCUT2D eigenvalue weighted by molar-refractivity contribution is 7.12. The molecule has 102 valence electrons. The molecule has 0 fully saturated rings. The maximum atomic E-state index is 11.5. The number of amides is 1. The molecule has 0 bridgehead atoms. The first kappa shape index (κ1) is 14.1. The third-order valence-corrected chi connectivity index (χ3v) is 3.74. The molecule has 1 amide bonds. The minimum atomic E-state index is -0.332. The van der Waals surface area contributed by atoms with E-state index >= 15 is 0 Å². The molecule has 0 aliphatic rings. The summed E-state index contributed by atoms with van der Waals surface area (Å²) in [5.74, 6) is 5.43. The number of carbonyl (C=O) groups excluding carboxylic acids is 1. The maximum absolute atomic E-state index is 11.5. The molecule has 1 heterocycles. The Morgan fingerprint density at radius 2 is 2.30 bits per heavy atom. The fourth-order valence-corrected chi connectivity index (χ4v) is 2.51. The molecule has 6 heteroatoms. The molecule has 2 aromatic rings.